The molecule has 0 aliphatic carbocycles. The number of methoxy groups -OCH3 is 1. The van der Waals surface area contributed by atoms with Crippen molar-refractivity contribution in [2.75, 3.05) is 19.0 Å². The van der Waals surface area contributed by atoms with Crippen molar-refractivity contribution in [1.29, 1.82) is 0 Å². The summed E-state index contributed by atoms with van der Waals surface area (Å²) >= 11 is 0. The molecule has 0 spiro atoms. The lowest BCUT2D eigenvalue weighted by molar-refractivity contribution is -0.147. The molecule has 7 heteroatoms. The average Bonchev–Trinajstić information content (AvgIpc) is 2.71. The number of hydrogen-bond donors (Lipinski definition) is 1. The van der Waals surface area contributed by atoms with Gasteiger partial charge in [0.1, 0.15) is 0 Å². The Morgan fingerprint density at radius 3 is 2.07 bits per heavy atom. The molecule has 0 fully saturated rings. The Labute approximate surface area is 162 Å². The van der Waals surface area contributed by atoms with Crippen LogP contribution in [0.2, 0.25) is 0 Å². The smallest absolute Gasteiger partial charge is 0.337 e. The number of Topliss-reactive ketones (excluding diaryl/α,β-unsaturated/α-hetero) is 1. The van der Waals surface area contributed by atoms with E-state index in [0.717, 1.165) is 5.56 Å². The summed E-state index contributed by atoms with van der Waals surface area (Å²) in [7, 11) is 1.28. The summed E-state index contributed by atoms with van der Waals surface area (Å²) in [5.41, 5.74) is 2.38. The minimum absolute atomic E-state index is 0.0124. The van der Waals surface area contributed by atoms with Gasteiger partial charge in [-0.25, -0.2) is 4.79 Å². The molecule has 2 aromatic rings. The lowest BCUT2D eigenvalue weighted by atomic mass is 10.1. The van der Waals surface area contributed by atoms with Crippen LogP contribution in [-0.2, 0) is 19.1 Å². The Balaban J connectivity index is 1.73. The molecule has 0 heterocycles. The fraction of sp³-hybridized carbons (Fsp3) is 0.238. The van der Waals surface area contributed by atoms with Crippen molar-refractivity contribution in [1.82, 2.24) is 0 Å². The summed E-state index contributed by atoms with van der Waals surface area (Å²) in [6, 6.07) is 13.2. The van der Waals surface area contributed by atoms with Crippen molar-refractivity contribution >= 4 is 29.3 Å². The van der Waals surface area contributed by atoms with Crippen molar-refractivity contribution in [2.45, 2.75) is 19.8 Å². The summed E-state index contributed by atoms with van der Waals surface area (Å²) in [6.45, 7) is 1.46. The van der Waals surface area contributed by atoms with Gasteiger partial charge in [0.05, 0.1) is 19.1 Å². The van der Waals surface area contributed by atoms with Gasteiger partial charge in [0.15, 0.2) is 12.4 Å². The number of anilines is 1. The first-order chi connectivity index (χ1) is 13.4. The molecule has 0 atom stereocenters. The Morgan fingerprint density at radius 1 is 0.857 bits per heavy atom. The first-order valence-corrected chi connectivity index (χ1v) is 8.63. The van der Waals surface area contributed by atoms with E-state index in [1.165, 1.54) is 31.4 Å². The van der Waals surface area contributed by atoms with Crippen molar-refractivity contribution in [3.63, 3.8) is 0 Å². The first kappa shape index (κ1) is 20.8. The van der Waals surface area contributed by atoms with Gasteiger partial charge >= 0.3 is 11.9 Å². The maximum absolute atomic E-state index is 12.0. The normalized spacial score (nSPS) is 10.1. The van der Waals surface area contributed by atoms with E-state index in [0.29, 0.717) is 16.8 Å². The van der Waals surface area contributed by atoms with Gasteiger partial charge in [-0.05, 0) is 31.2 Å². The monoisotopic (exact) mass is 383 g/mol. The summed E-state index contributed by atoms with van der Waals surface area (Å²) in [4.78, 5) is 46.9. The number of rotatable bonds is 8. The van der Waals surface area contributed by atoms with Gasteiger partial charge in [0.2, 0.25) is 0 Å². The molecule has 0 aromatic heterocycles. The van der Waals surface area contributed by atoms with Crippen LogP contribution in [0.5, 0.6) is 0 Å². The Bertz CT molecular complexity index is 855. The maximum atomic E-state index is 12.0. The number of nitrogens with one attached hydrogen (secondary N) is 1. The number of carbonyl (C=O) groups excluding carboxylic acids is 4. The second-order valence-corrected chi connectivity index (χ2v) is 6.07. The van der Waals surface area contributed by atoms with Crippen LogP contribution in [0.25, 0.3) is 0 Å². The molecule has 28 heavy (non-hydrogen) atoms. The number of esters is 2. The van der Waals surface area contributed by atoms with Crippen LogP contribution in [0.3, 0.4) is 0 Å². The maximum Gasteiger partial charge on any atom is 0.337 e. The van der Waals surface area contributed by atoms with Gasteiger partial charge < -0.3 is 14.8 Å². The molecule has 1 N–H and O–H groups in total. The number of ketones is 1. The average molecular weight is 383 g/mol. The summed E-state index contributed by atoms with van der Waals surface area (Å²) < 4.78 is 9.47. The molecule has 0 bridgehead atoms. The first-order valence-electron chi connectivity index (χ1n) is 8.63. The summed E-state index contributed by atoms with van der Waals surface area (Å²) in [5, 5.41) is 2.54. The van der Waals surface area contributed by atoms with Crippen LogP contribution < -0.4 is 5.32 Å². The van der Waals surface area contributed by atoms with Gasteiger partial charge in [-0.1, -0.05) is 29.8 Å². The molecule has 1 amide bonds. The van der Waals surface area contributed by atoms with Gasteiger partial charge in [0, 0.05) is 17.7 Å². The number of carbonyl (C=O) groups is 4. The fourth-order valence-corrected chi connectivity index (χ4v) is 2.32. The molecular weight excluding hydrogens is 362 g/mol. The van der Waals surface area contributed by atoms with Gasteiger partial charge in [0.25, 0.3) is 5.91 Å². The van der Waals surface area contributed by atoms with Crippen LogP contribution in [-0.4, -0.2) is 37.3 Å². The molecule has 0 aliphatic heterocycles. The molecular formula is C21H21NO6. The van der Waals surface area contributed by atoms with E-state index in [9.17, 15) is 19.2 Å². The number of benzene rings is 2. The summed E-state index contributed by atoms with van der Waals surface area (Å²) in [5.74, 6) is -1.79. The number of ether oxygens (including phenoxy) is 2. The lowest BCUT2D eigenvalue weighted by Gasteiger charge is -2.07. The SMILES string of the molecule is COC(=O)c1ccc(NC(=O)COC(=O)CCC(=O)c2ccc(C)cc2)cc1. The van der Waals surface area contributed by atoms with Crippen LogP contribution in [0.15, 0.2) is 48.5 Å². The second-order valence-electron chi connectivity index (χ2n) is 6.07. The van der Waals surface area contributed by atoms with Crippen LogP contribution in [0.4, 0.5) is 5.69 Å². The second kappa shape index (κ2) is 10.0. The standard InChI is InChI=1S/C21H21NO6/c1-14-3-5-15(6-4-14)18(23)11-12-20(25)28-13-19(24)22-17-9-7-16(8-10-17)21(26)27-2/h3-10H,11-13H2,1-2H3,(H,22,24). The molecule has 0 unspecified atom stereocenters. The highest BCUT2D eigenvalue weighted by Gasteiger charge is 2.12. The van der Waals surface area contributed by atoms with Gasteiger partial charge in [-0.2, -0.15) is 0 Å². The zero-order valence-electron chi connectivity index (χ0n) is 15.7. The van der Waals surface area contributed by atoms with E-state index < -0.39 is 24.5 Å². The molecule has 0 radical (unpaired) electrons. The van der Waals surface area contributed by atoms with E-state index in [-0.39, 0.29) is 18.6 Å². The molecule has 0 aliphatic rings. The van der Waals surface area contributed by atoms with Crippen molar-refractivity contribution in [3.8, 4) is 0 Å². The highest BCUT2D eigenvalue weighted by atomic mass is 16.5. The Kier molecular flexibility index (Phi) is 7.45. The van der Waals surface area contributed by atoms with Crippen LogP contribution in [0, 0.1) is 6.92 Å². The fourth-order valence-electron chi connectivity index (χ4n) is 2.32. The van der Waals surface area contributed by atoms with E-state index in [2.05, 4.69) is 10.1 Å². The van der Waals surface area contributed by atoms with Crippen LogP contribution in [0.1, 0.15) is 39.1 Å². The minimum atomic E-state index is -0.628. The van der Waals surface area contributed by atoms with E-state index in [4.69, 9.17) is 4.74 Å². The van der Waals surface area contributed by atoms with Crippen molar-refractivity contribution < 1.29 is 28.7 Å². The lowest BCUT2D eigenvalue weighted by Crippen LogP contribution is -2.21. The molecule has 146 valence electrons. The number of hydrogen-bond acceptors (Lipinski definition) is 6. The highest BCUT2D eigenvalue weighted by molar-refractivity contribution is 5.98. The highest BCUT2D eigenvalue weighted by Crippen LogP contribution is 2.11. The quantitative estimate of drug-likeness (QED) is 0.556. The number of amides is 1. The van der Waals surface area contributed by atoms with E-state index in [1.54, 1.807) is 12.1 Å². The van der Waals surface area contributed by atoms with E-state index >= 15 is 0 Å². The molecule has 7 nitrogen and oxygen atoms in total. The zero-order valence-corrected chi connectivity index (χ0v) is 15.7. The molecule has 0 saturated carbocycles. The van der Waals surface area contributed by atoms with Crippen LogP contribution >= 0.6 is 0 Å². The number of aryl methyl sites for hydroxylation is 1. The molecule has 2 rings (SSSR count). The predicted molar refractivity (Wildman–Crippen MR) is 102 cm³/mol. The minimum Gasteiger partial charge on any atom is -0.465 e. The Hall–Kier alpha value is -3.48. The largest absolute Gasteiger partial charge is 0.465 e. The van der Waals surface area contributed by atoms with Gasteiger partial charge in [-0.3, -0.25) is 14.4 Å². The molecule has 2 aromatic carbocycles. The third-order valence-electron chi connectivity index (χ3n) is 3.88. The predicted octanol–water partition coefficient (Wildman–Crippen LogP) is 2.93. The summed E-state index contributed by atoms with van der Waals surface area (Å²) in [6.07, 6.45) is -0.0910. The third kappa shape index (κ3) is 6.35. The third-order valence-corrected chi connectivity index (χ3v) is 3.88. The zero-order chi connectivity index (χ0) is 20.5. The van der Waals surface area contributed by atoms with Crippen molar-refractivity contribution in [3.05, 3.63) is 65.2 Å². The Morgan fingerprint density at radius 2 is 1.46 bits per heavy atom. The van der Waals surface area contributed by atoms with Gasteiger partial charge in [-0.15, -0.1) is 0 Å². The van der Waals surface area contributed by atoms with E-state index in [1.807, 2.05) is 19.1 Å². The topological polar surface area (TPSA) is 98.8 Å². The molecule has 0 saturated heterocycles. The van der Waals surface area contributed by atoms with Crippen molar-refractivity contribution in [2.24, 2.45) is 0 Å².